The van der Waals surface area contributed by atoms with Crippen molar-refractivity contribution < 1.29 is 9.47 Å². The Bertz CT molecular complexity index is 592. The highest BCUT2D eigenvalue weighted by atomic mass is 16.6. The molecule has 6 atom stereocenters. The maximum atomic E-state index is 6.00. The number of hydrogen-bond donors (Lipinski definition) is 0. The summed E-state index contributed by atoms with van der Waals surface area (Å²) in [7, 11) is 0. The van der Waals surface area contributed by atoms with E-state index in [4.69, 9.17) is 9.47 Å². The van der Waals surface area contributed by atoms with Gasteiger partial charge in [0, 0.05) is 5.92 Å². The molecular weight excluding hydrogens is 320 g/mol. The minimum atomic E-state index is 0.331. The molecule has 3 saturated carbocycles. The van der Waals surface area contributed by atoms with Crippen LogP contribution in [-0.2, 0) is 9.47 Å². The molecule has 1 saturated heterocycles. The van der Waals surface area contributed by atoms with Gasteiger partial charge in [-0.1, -0.05) is 32.1 Å². The first-order valence-corrected chi connectivity index (χ1v) is 11.0. The molecule has 4 aliphatic carbocycles. The fraction of sp³-hybridized carbons (Fsp3) is 0.750. The highest BCUT2D eigenvalue weighted by molar-refractivity contribution is 5.25. The lowest BCUT2D eigenvalue weighted by Gasteiger charge is -2.34. The zero-order chi connectivity index (χ0) is 17.7. The monoisotopic (exact) mass is 354 g/mol. The van der Waals surface area contributed by atoms with Gasteiger partial charge in [-0.2, -0.15) is 0 Å². The molecule has 26 heavy (non-hydrogen) atoms. The van der Waals surface area contributed by atoms with Gasteiger partial charge in [-0.3, -0.25) is 0 Å². The molecule has 2 bridgehead atoms. The van der Waals surface area contributed by atoms with Crippen LogP contribution in [0.5, 0.6) is 0 Å². The number of ether oxygens (including phenoxy) is 2. The number of hydrogen-bond acceptors (Lipinski definition) is 2. The Morgan fingerprint density at radius 3 is 2.35 bits per heavy atom. The minimum Gasteiger partial charge on any atom is -0.491 e. The van der Waals surface area contributed by atoms with Crippen molar-refractivity contribution in [1.29, 1.82) is 0 Å². The summed E-state index contributed by atoms with van der Waals surface area (Å²) in [6.07, 6.45) is 19.1. The molecule has 6 unspecified atom stereocenters. The van der Waals surface area contributed by atoms with E-state index in [2.05, 4.69) is 44.2 Å². The second kappa shape index (κ2) is 6.86. The molecule has 2 heteroatoms. The van der Waals surface area contributed by atoms with Crippen LogP contribution in [0.25, 0.3) is 0 Å². The van der Waals surface area contributed by atoms with Gasteiger partial charge in [-0.05, 0) is 85.7 Å². The summed E-state index contributed by atoms with van der Waals surface area (Å²) in [6.45, 7) is 6.45. The Hall–Kier alpha value is -1.02. The fourth-order valence-corrected chi connectivity index (χ4v) is 6.63. The summed E-state index contributed by atoms with van der Waals surface area (Å²) in [5, 5.41) is 0. The molecular formula is C24H34O2. The summed E-state index contributed by atoms with van der Waals surface area (Å²) in [5.74, 6) is 8.36. The number of epoxide rings is 1. The van der Waals surface area contributed by atoms with E-state index in [1.54, 1.807) is 0 Å². The van der Waals surface area contributed by atoms with Crippen molar-refractivity contribution in [3.63, 3.8) is 0 Å². The molecule has 5 rings (SSSR count). The Balaban J connectivity index is 1.26. The largest absolute Gasteiger partial charge is 0.491 e. The average Bonchev–Trinajstić information content (AvgIpc) is 3.35. The van der Waals surface area contributed by atoms with E-state index in [1.165, 1.54) is 32.1 Å². The molecule has 0 aromatic carbocycles. The van der Waals surface area contributed by atoms with Crippen LogP contribution in [0, 0.1) is 47.3 Å². The molecule has 0 aromatic rings. The molecule has 4 fully saturated rings. The predicted molar refractivity (Wildman–Crippen MR) is 104 cm³/mol. The minimum absolute atomic E-state index is 0.331. The first-order valence-electron chi connectivity index (χ1n) is 11.0. The van der Waals surface area contributed by atoms with Crippen LogP contribution in [0.2, 0.25) is 0 Å². The second-order valence-electron chi connectivity index (χ2n) is 9.95. The van der Waals surface area contributed by atoms with Gasteiger partial charge in [0.05, 0.1) is 6.61 Å². The van der Waals surface area contributed by atoms with Crippen molar-refractivity contribution >= 4 is 0 Å². The van der Waals surface area contributed by atoms with Crippen molar-refractivity contribution in [2.45, 2.75) is 52.1 Å². The quantitative estimate of drug-likeness (QED) is 0.619. The van der Waals surface area contributed by atoms with E-state index in [0.29, 0.717) is 18.6 Å². The van der Waals surface area contributed by atoms with Crippen molar-refractivity contribution in [2.24, 2.45) is 47.3 Å². The average molecular weight is 355 g/mol. The zero-order valence-corrected chi connectivity index (χ0v) is 16.3. The van der Waals surface area contributed by atoms with Crippen molar-refractivity contribution in [3.05, 3.63) is 36.1 Å². The third-order valence-electron chi connectivity index (χ3n) is 8.11. The lowest BCUT2D eigenvalue weighted by atomic mass is 9.71. The molecule has 1 aliphatic heterocycles. The SMILES string of the molecule is CC(C)C1CC2C3CC(C4C=CC=CC(OCC5CO5)=C4)CC(C3)C2C1. The van der Waals surface area contributed by atoms with Crippen molar-refractivity contribution in [1.82, 2.24) is 0 Å². The van der Waals surface area contributed by atoms with E-state index in [1.807, 2.05) is 0 Å². The third kappa shape index (κ3) is 3.30. The summed E-state index contributed by atoms with van der Waals surface area (Å²) in [6, 6.07) is 0. The summed E-state index contributed by atoms with van der Waals surface area (Å²) in [4.78, 5) is 0. The first-order chi connectivity index (χ1) is 12.7. The van der Waals surface area contributed by atoms with Gasteiger partial charge >= 0.3 is 0 Å². The van der Waals surface area contributed by atoms with Gasteiger partial charge in [-0.25, -0.2) is 0 Å². The molecule has 0 spiro atoms. The first kappa shape index (κ1) is 17.1. The van der Waals surface area contributed by atoms with Gasteiger partial charge in [-0.15, -0.1) is 0 Å². The summed E-state index contributed by atoms with van der Waals surface area (Å²) < 4.78 is 11.3. The molecule has 0 N–H and O–H groups in total. The molecule has 2 nitrogen and oxygen atoms in total. The van der Waals surface area contributed by atoms with Gasteiger partial charge in [0.1, 0.15) is 18.5 Å². The number of allylic oxidation sites excluding steroid dienone is 5. The Kier molecular flexibility index (Phi) is 4.51. The highest BCUT2D eigenvalue weighted by Crippen LogP contribution is 2.61. The van der Waals surface area contributed by atoms with Gasteiger partial charge < -0.3 is 9.47 Å². The highest BCUT2D eigenvalue weighted by Gasteiger charge is 2.52. The number of rotatable bonds is 5. The third-order valence-corrected chi connectivity index (χ3v) is 8.11. The van der Waals surface area contributed by atoms with Crippen molar-refractivity contribution in [2.75, 3.05) is 13.2 Å². The van der Waals surface area contributed by atoms with Crippen LogP contribution < -0.4 is 0 Å². The predicted octanol–water partition coefficient (Wildman–Crippen LogP) is 5.37. The standard InChI is InChI=1S/C24H34O2/c1-15(2)17-11-23-19-7-18(8-20(9-19)24(23)12-17)16-5-3-4-6-21(10-16)25-13-22-14-26-22/h3-6,10,15-20,22-24H,7-9,11-14H2,1-2H3. The van der Waals surface area contributed by atoms with Crippen LogP contribution in [0.15, 0.2) is 36.1 Å². The van der Waals surface area contributed by atoms with Crippen LogP contribution in [0.3, 0.4) is 0 Å². The fourth-order valence-electron chi connectivity index (χ4n) is 6.63. The zero-order valence-electron chi connectivity index (χ0n) is 16.3. The van der Waals surface area contributed by atoms with E-state index in [9.17, 15) is 0 Å². The molecule has 0 radical (unpaired) electrons. The van der Waals surface area contributed by atoms with E-state index >= 15 is 0 Å². The van der Waals surface area contributed by atoms with Gasteiger partial charge in [0.25, 0.3) is 0 Å². The second-order valence-corrected chi connectivity index (χ2v) is 9.95. The van der Waals surface area contributed by atoms with Crippen LogP contribution >= 0.6 is 0 Å². The maximum Gasteiger partial charge on any atom is 0.117 e. The maximum absolute atomic E-state index is 6.00. The lowest BCUT2D eigenvalue weighted by Crippen LogP contribution is -2.24. The lowest BCUT2D eigenvalue weighted by molar-refractivity contribution is 0.178. The topological polar surface area (TPSA) is 21.8 Å². The van der Waals surface area contributed by atoms with Gasteiger partial charge in [0.2, 0.25) is 0 Å². The number of fused-ring (bicyclic) bond motifs is 5. The van der Waals surface area contributed by atoms with E-state index in [0.717, 1.165) is 53.8 Å². The molecule has 142 valence electrons. The Morgan fingerprint density at radius 1 is 1.00 bits per heavy atom. The van der Waals surface area contributed by atoms with E-state index in [-0.39, 0.29) is 0 Å². The van der Waals surface area contributed by atoms with Crippen LogP contribution in [-0.4, -0.2) is 19.3 Å². The smallest absolute Gasteiger partial charge is 0.117 e. The molecule has 0 amide bonds. The van der Waals surface area contributed by atoms with Gasteiger partial charge in [0.15, 0.2) is 0 Å². The molecule has 5 aliphatic rings. The Labute approximate surface area is 158 Å². The Morgan fingerprint density at radius 2 is 1.69 bits per heavy atom. The summed E-state index contributed by atoms with van der Waals surface area (Å²) >= 11 is 0. The van der Waals surface area contributed by atoms with Crippen molar-refractivity contribution in [3.8, 4) is 0 Å². The van der Waals surface area contributed by atoms with Crippen LogP contribution in [0.4, 0.5) is 0 Å². The summed E-state index contributed by atoms with van der Waals surface area (Å²) in [5.41, 5.74) is 0. The van der Waals surface area contributed by atoms with E-state index < -0.39 is 0 Å². The molecule has 0 aromatic heterocycles. The normalized spacial score (nSPS) is 46.2. The van der Waals surface area contributed by atoms with Crippen LogP contribution in [0.1, 0.15) is 46.0 Å². The molecule has 1 heterocycles.